The van der Waals surface area contributed by atoms with Crippen LogP contribution in [0.5, 0.6) is 5.75 Å². The smallest absolute Gasteiger partial charge is 0.120 e. The maximum Gasteiger partial charge on any atom is 0.120 e. The molecule has 1 N–H and O–H groups in total. The number of methoxy groups -OCH3 is 1. The molecule has 2 rings (SSSR count). The summed E-state index contributed by atoms with van der Waals surface area (Å²) in [6.07, 6.45) is 0. The van der Waals surface area contributed by atoms with Crippen LogP contribution in [0.15, 0.2) is 29.0 Å². The summed E-state index contributed by atoms with van der Waals surface area (Å²) in [5.41, 5.74) is 3.67. The van der Waals surface area contributed by atoms with Gasteiger partial charge in [-0.25, -0.2) is 0 Å². The molecular formula is C15H18ClNOS. The van der Waals surface area contributed by atoms with Crippen LogP contribution in [0.2, 0.25) is 5.02 Å². The lowest BCUT2D eigenvalue weighted by Crippen LogP contribution is -2.22. The van der Waals surface area contributed by atoms with E-state index in [-0.39, 0.29) is 6.04 Å². The molecule has 0 saturated heterocycles. The number of thiophene rings is 1. The van der Waals surface area contributed by atoms with Crippen LogP contribution in [-0.4, -0.2) is 13.7 Å². The number of nitrogens with one attached hydrogen (secondary N) is 1. The van der Waals surface area contributed by atoms with E-state index in [9.17, 15) is 0 Å². The van der Waals surface area contributed by atoms with Crippen molar-refractivity contribution in [2.24, 2.45) is 0 Å². The van der Waals surface area contributed by atoms with Crippen molar-refractivity contribution in [2.45, 2.75) is 19.9 Å². The largest absolute Gasteiger partial charge is 0.497 e. The number of aryl methyl sites for hydroxylation is 1. The molecule has 0 radical (unpaired) electrons. The number of hydrogen-bond donors (Lipinski definition) is 1. The molecule has 0 amide bonds. The van der Waals surface area contributed by atoms with Crippen molar-refractivity contribution in [3.05, 3.63) is 50.7 Å². The fraction of sp³-hybridized carbons (Fsp3) is 0.333. The standard InChI is InChI=1S/C15H18ClNOS/c1-4-17-15(13-9-19-8-10(13)2)12-6-5-11(18-3)7-14(12)16/h5-9,15,17H,4H2,1-3H3. The summed E-state index contributed by atoms with van der Waals surface area (Å²) in [5.74, 6) is 0.783. The SMILES string of the molecule is CCNC(c1cscc1C)c1ccc(OC)cc1Cl. The summed E-state index contributed by atoms with van der Waals surface area (Å²) in [6, 6.07) is 5.98. The minimum atomic E-state index is 0.134. The Balaban J connectivity index is 2.42. The minimum absolute atomic E-state index is 0.134. The maximum atomic E-state index is 6.39. The lowest BCUT2D eigenvalue weighted by Gasteiger charge is -2.20. The van der Waals surface area contributed by atoms with E-state index in [4.69, 9.17) is 16.3 Å². The lowest BCUT2D eigenvalue weighted by atomic mass is 9.98. The zero-order valence-electron chi connectivity index (χ0n) is 11.4. The van der Waals surface area contributed by atoms with E-state index in [0.29, 0.717) is 0 Å². The van der Waals surface area contributed by atoms with Crippen LogP contribution in [0, 0.1) is 6.92 Å². The average molecular weight is 296 g/mol. The topological polar surface area (TPSA) is 21.3 Å². The van der Waals surface area contributed by atoms with Crippen molar-refractivity contribution >= 4 is 22.9 Å². The summed E-state index contributed by atoms with van der Waals surface area (Å²) in [6.45, 7) is 5.13. The normalized spacial score (nSPS) is 12.4. The van der Waals surface area contributed by atoms with Gasteiger partial charge >= 0.3 is 0 Å². The Morgan fingerprint density at radius 2 is 2.11 bits per heavy atom. The van der Waals surface area contributed by atoms with Crippen LogP contribution in [0.25, 0.3) is 0 Å². The molecule has 1 aromatic heterocycles. The molecule has 0 bridgehead atoms. The molecule has 1 aromatic carbocycles. The summed E-state index contributed by atoms with van der Waals surface area (Å²) >= 11 is 8.11. The van der Waals surface area contributed by atoms with E-state index in [2.05, 4.69) is 29.9 Å². The molecule has 0 fully saturated rings. The Hall–Kier alpha value is -1.03. The van der Waals surface area contributed by atoms with Gasteiger partial charge in [0.2, 0.25) is 0 Å². The van der Waals surface area contributed by atoms with Crippen LogP contribution in [-0.2, 0) is 0 Å². The van der Waals surface area contributed by atoms with Gasteiger partial charge in [-0.3, -0.25) is 0 Å². The van der Waals surface area contributed by atoms with Gasteiger partial charge in [-0.15, -0.1) is 0 Å². The Morgan fingerprint density at radius 3 is 2.63 bits per heavy atom. The molecule has 4 heteroatoms. The quantitative estimate of drug-likeness (QED) is 0.882. The third-order valence-corrected chi connectivity index (χ3v) is 4.34. The van der Waals surface area contributed by atoms with Crippen LogP contribution < -0.4 is 10.1 Å². The Labute approximate surface area is 123 Å². The van der Waals surface area contributed by atoms with Crippen LogP contribution in [0.3, 0.4) is 0 Å². The summed E-state index contributed by atoms with van der Waals surface area (Å²) in [4.78, 5) is 0. The minimum Gasteiger partial charge on any atom is -0.497 e. The molecule has 102 valence electrons. The lowest BCUT2D eigenvalue weighted by molar-refractivity contribution is 0.414. The van der Waals surface area contributed by atoms with Gasteiger partial charge in [0.15, 0.2) is 0 Å². The molecule has 19 heavy (non-hydrogen) atoms. The molecule has 0 aliphatic carbocycles. The second kappa shape index (κ2) is 6.42. The van der Waals surface area contributed by atoms with E-state index in [1.54, 1.807) is 18.4 Å². The molecule has 1 atom stereocenters. The second-order valence-corrected chi connectivity index (χ2v) is 5.54. The Morgan fingerprint density at radius 1 is 1.32 bits per heavy atom. The average Bonchev–Trinajstić information content (AvgIpc) is 2.82. The van der Waals surface area contributed by atoms with Crippen molar-refractivity contribution in [1.82, 2.24) is 5.32 Å². The fourth-order valence-corrected chi connectivity index (χ4v) is 3.28. The van der Waals surface area contributed by atoms with Gasteiger partial charge in [0.1, 0.15) is 5.75 Å². The highest BCUT2D eigenvalue weighted by Gasteiger charge is 2.18. The zero-order valence-corrected chi connectivity index (χ0v) is 12.9. The maximum absolute atomic E-state index is 6.39. The monoisotopic (exact) mass is 295 g/mol. The summed E-state index contributed by atoms with van der Waals surface area (Å²) < 4.78 is 5.20. The van der Waals surface area contributed by atoms with Gasteiger partial charge in [-0.2, -0.15) is 11.3 Å². The van der Waals surface area contributed by atoms with E-state index < -0.39 is 0 Å². The third kappa shape index (κ3) is 3.11. The number of ether oxygens (including phenoxy) is 1. The first-order valence-corrected chi connectivity index (χ1v) is 7.59. The van der Waals surface area contributed by atoms with Crippen LogP contribution >= 0.6 is 22.9 Å². The molecular weight excluding hydrogens is 278 g/mol. The summed E-state index contributed by atoms with van der Waals surface area (Å²) in [7, 11) is 1.65. The molecule has 0 aliphatic heterocycles. The van der Waals surface area contributed by atoms with E-state index in [1.165, 1.54) is 11.1 Å². The number of hydrogen-bond acceptors (Lipinski definition) is 3. The van der Waals surface area contributed by atoms with Gasteiger partial charge in [-0.1, -0.05) is 24.6 Å². The molecule has 0 spiro atoms. The highest BCUT2D eigenvalue weighted by Crippen LogP contribution is 2.33. The first kappa shape index (κ1) is 14.4. The van der Waals surface area contributed by atoms with Gasteiger partial charge < -0.3 is 10.1 Å². The molecule has 1 heterocycles. The van der Waals surface area contributed by atoms with Crippen LogP contribution in [0.4, 0.5) is 0 Å². The highest BCUT2D eigenvalue weighted by atomic mass is 35.5. The number of halogens is 1. The predicted molar refractivity (Wildman–Crippen MR) is 82.6 cm³/mol. The predicted octanol–water partition coefficient (Wildman–Crippen LogP) is 4.42. The van der Waals surface area contributed by atoms with Crippen molar-refractivity contribution in [3.63, 3.8) is 0 Å². The van der Waals surface area contributed by atoms with E-state index in [1.807, 2.05) is 18.2 Å². The number of rotatable bonds is 5. The molecule has 1 unspecified atom stereocenters. The second-order valence-electron chi connectivity index (χ2n) is 4.39. The van der Waals surface area contributed by atoms with Gasteiger partial charge in [-0.05, 0) is 53.1 Å². The molecule has 0 aliphatic rings. The molecule has 2 aromatic rings. The van der Waals surface area contributed by atoms with Gasteiger partial charge in [0.05, 0.1) is 13.2 Å². The number of benzene rings is 1. The van der Waals surface area contributed by atoms with Crippen molar-refractivity contribution < 1.29 is 4.74 Å². The van der Waals surface area contributed by atoms with E-state index >= 15 is 0 Å². The fourth-order valence-electron chi connectivity index (χ4n) is 2.13. The third-order valence-electron chi connectivity index (χ3n) is 3.13. The van der Waals surface area contributed by atoms with Gasteiger partial charge in [0.25, 0.3) is 0 Å². The highest BCUT2D eigenvalue weighted by molar-refractivity contribution is 7.08. The summed E-state index contributed by atoms with van der Waals surface area (Å²) in [5, 5.41) is 8.58. The first-order chi connectivity index (χ1) is 9.17. The van der Waals surface area contributed by atoms with Crippen molar-refractivity contribution in [3.8, 4) is 5.75 Å². The van der Waals surface area contributed by atoms with Crippen molar-refractivity contribution in [1.29, 1.82) is 0 Å². The van der Waals surface area contributed by atoms with Crippen LogP contribution in [0.1, 0.15) is 29.7 Å². The first-order valence-electron chi connectivity index (χ1n) is 6.26. The van der Waals surface area contributed by atoms with E-state index in [0.717, 1.165) is 22.9 Å². The van der Waals surface area contributed by atoms with Gasteiger partial charge in [0, 0.05) is 5.02 Å². The Kier molecular flexibility index (Phi) is 4.86. The Bertz CT molecular complexity index is 553. The molecule has 2 nitrogen and oxygen atoms in total. The molecule has 0 saturated carbocycles. The zero-order chi connectivity index (χ0) is 13.8. The van der Waals surface area contributed by atoms with Crippen molar-refractivity contribution in [2.75, 3.05) is 13.7 Å².